The lowest BCUT2D eigenvalue weighted by Gasteiger charge is -2.27. The number of benzene rings is 2. The highest BCUT2D eigenvalue weighted by molar-refractivity contribution is 6.30. The summed E-state index contributed by atoms with van der Waals surface area (Å²) in [6.45, 7) is 2.07. The number of nitrogens with two attached hydrogens (primary N) is 1. The normalized spacial score (nSPS) is 18.4. The van der Waals surface area contributed by atoms with Gasteiger partial charge in [0.2, 0.25) is 11.8 Å². The number of para-hydroxylation sites is 1. The van der Waals surface area contributed by atoms with Crippen molar-refractivity contribution in [2.75, 3.05) is 13.2 Å². The third kappa shape index (κ3) is 5.08. The van der Waals surface area contributed by atoms with E-state index in [9.17, 15) is 23.9 Å². The van der Waals surface area contributed by atoms with Crippen LogP contribution in [0, 0.1) is 11.7 Å². The number of primary amides is 1. The first-order valence-electron chi connectivity index (χ1n) is 11.7. The van der Waals surface area contributed by atoms with Crippen molar-refractivity contribution in [3.05, 3.63) is 70.6 Å². The number of amides is 3. The van der Waals surface area contributed by atoms with Crippen LogP contribution in [0.15, 0.2) is 48.7 Å². The topological polar surface area (TPSA) is 118 Å². The van der Waals surface area contributed by atoms with Crippen molar-refractivity contribution in [1.29, 1.82) is 0 Å². The zero-order valence-electron chi connectivity index (χ0n) is 19.8. The number of carbonyl (C=O) groups excluding carboxylic acids is 3. The standard InChI is InChI=1S/C26H28ClFN4O4/c1-15-11-22(25(35)30-20(9-10-33)18-6-4-7-19(27)24(18)28)31(13-15)23(34)12-16-14-32(26(29)36)21-8-3-2-5-17(16)21/h2-8,14-15,20,22,33H,9-13H2,1H3,(H2,29,36)(H,30,35)/t15-,20+,22-/m0/s1. The van der Waals surface area contributed by atoms with E-state index in [4.69, 9.17) is 17.3 Å². The van der Waals surface area contributed by atoms with Gasteiger partial charge in [0.05, 0.1) is 23.0 Å². The van der Waals surface area contributed by atoms with Gasteiger partial charge in [-0.3, -0.25) is 14.2 Å². The van der Waals surface area contributed by atoms with Crippen molar-refractivity contribution in [2.45, 2.75) is 38.3 Å². The second-order valence-corrected chi connectivity index (χ2v) is 9.58. The van der Waals surface area contributed by atoms with Gasteiger partial charge in [0.25, 0.3) is 0 Å². The lowest BCUT2D eigenvalue weighted by molar-refractivity contribution is -0.138. The number of halogens is 2. The van der Waals surface area contributed by atoms with Crippen molar-refractivity contribution in [2.24, 2.45) is 11.7 Å². The molecule has 0 saturated carbocycles. The molecular formula is C26H28ClFN4O4. The third-order valence-electron chi connectivity index (χ3n) is 6.60. The monoisotopic (exact) mass is 514 g/mol. The zero-order chi connectivity index (χ0) is 26.0. The zero-order valence-corrected chi connectivity index (χ0v) is 20.5. The number of aromatic nitrogens is 1. The first-order valence-corrected chi connectivity index (χ1v) is 12.1. The molecule has 0 aliphatic carbocycles. The van der Waals surface area contributed by atoms with Crippen LogP contribution in [0.4, 0.5) is 9.18 Å². The Morgan fingerprint density at radius 2 is 1.97 bits per heavy atom. The average Bonchev–Trinajstić information content (AvgIpc) is 3.42. The van der Waals surface area contributed by atoms with E-state index >= 15 is 0 Å². The summed E-state index contributed by atoms with van der Waals surface area (Å²) in [6, 6.07) is 9.44. The van der Waals surface area contributed by atoms with Gasteiger partial charge in [0.15, 0.2) is 0 Å². The molecule has 2 heterocycles. The average molecular weight is 515 g/mol. The van der Waals surface area contributed by atoms with Crippen LogP contribution in [-0.2, 0) is 16.0 Å². The van der Waals surface area contributed by atoms with Gasteiger partial charge in [-0.1, -0.05) is 48.9 Å². The summed E-state index contributed by atoms with van der Waals surface area (Å²) in [4.78, 5) is 40.1. The minimum Gasteiger partial charge on any atom is -0.396 e. The molecule has 4 N–H and O–H groups in total. The molecule has 190 valence electrons. The molecule has 1 aliphatic rings. The molecule has 1 aromatic heterocycles. The smallest absolute Gasteiger partial charge is 0.323 e. The van der Waals surface area contributed by atoms with Crippen LogP contribution in [0.25, 0.3) is 10.9 Å². The second kappa shape index (κ2) is 10.7. The molecule has 0 spiro atoms. The predicted octanol–water partition coefficient (Wildman–Crippen LogP) is 3.38. The number of aliphatic hydroxyl groups is 1. The number of carbonyl (C=O) groups is 3. The van der Waals surface area contributed by atoms with E-state index in [0.717, 1.165) is 5.39 Å². The first kappa shape index (κ1) is 25.7. The number of rotatable bonds is 7. The minimum absolute atomic E-state index is 0.0136. The molecule has 36 heavy (non-hydrogen) atoms. The number of nitrogens with zero attached hydrogens (tertiary/aromatic N) is 2. The van der Waals surface area contributed by atoms with E-state index in [1.54, 1.807) is 24.4 Å². The van der Waals surface area contributed by atoms with E-state index < -0.39 is 29.8 Å². The van der Waals surface area contributed by atoms with Gasteiger partial charge >= 0.3 is 6.03 Å². The minimum atomic E-state index is -0.803. The van der Waals surface area contributed by atoms with E-state index in [1.165, 1.54) is 21.6 Å². The molecular weight excluding hydrogens is 487 g/mol. The van der Waals surface area contributed by atoms with Crippen LogP contribution < -0.4 is 11.1 Å². The van der Waals surface area contributed by atoms with Crippen molar-refractivity contribution in [3.63, 3.8) is 0 Å². The molecule has 1 aliphatic heterocycles. The molecule has 0 unspecified atom stereocenters. The molecule has 1 saturated heterocycles. The van der Waals surface area contributed by atoms with Crippen LogP contribution in [0.1, 0.15) is 36.9 Å². The Hall–Kier alpha value is -3.43. The van der Waals surface area contributed by atoms with Gasteiger partial charge in [0, 0.05) is 30.3 Å². The Balaban J connectivity index is 1.55. The highest BCUT2D eigenvalue weighted by Gasteiger charge is 2.38. The van der Waals surface area contributed by atoms with Crippen LogP contribution in [0.5, 0.6) is 0 Å². The van der Waals surface area contributed by atoms with Gasteiger partial charge in [-0.05, 0) is 36.5 Å². The molecule has 3 atom stereocenters. The maximum absolute atomic E-state index is 14.6. The fourth-order valence-corrected chi connectivity index (χ4v) is 5.08. The largest absolute Gasteiger partial charge is 0.396 e. The quantitative estimate of drug-likeness (QED) is 0.448. The molecule has 4 rings (SSSR count). The maximum Gasteiger partial charge on any atom is 0.323 e. The summed E-state index contributed by atoms with van der Waals surface area (Å²) in [5.74, 6) is -1.27. The summed E-state index contributed by atoms with van der Waals surface area (Å²) >= 11 is 5.91. The summed E-state index contributed by atoms with van der Waals surface area (Å²) < 4.78 is 15.9. The molecule has 0 bridgehead atoms. The lowest BCUT2D eigenvalue weighted by atomic mass is 10.0. The molecule has 3 amide bonds. The number of fused-ring (bicyclic) bond motifs is 1. The van der Waals surface area contributed by atoms with Crippen LogP contribution in [-0.4, -0.2) is 51.6 Å². The molecule has 10 heteroatoms. The Morgan fingerprint density at radius 1 is 1.22 bits per heavy atom. The molecule has 1 fully saturated rings. The van der Waals surface area contributed by atoms with Crippen LogP contribution in [0.2, 0.25) is 5.02 Å². The van der Waals surface area contributed by atoms with E-state index in [1.807, 2.05) is 19.1 Å². The van der Waals surface area contributed by atoms with Crippen molar-refractivity contribution in [3.8, 4) is 0 Å². The highest BCUT2D eigenvalue weighted by Crippen LogP contribution is 2.29. The van der Waals surface area contributed by atoms with Gasteiger partial charge < -0.3 is 21.1 Å². The number of hydrogen-bond donors (Lipinski definition) is 3. The van der Waals surface area contributed by atoms with Crippen molar-refractivity contribution >= 4 is 40.3 Å². The summed E-state index contributed by atoms with van der Waals surface area (Å²) in [5, 5.41) is 13.0. The Morgan fingerprint density at radius 3 is 2.69 bits per heavy atom. The summed E-state index contributed by atoms with van der Waals surface area (Å²) in [7, 11) is 0. The first-order chi connectivity index (χ1) is 17.2. The third-order valence-corrected chi connectivity index (χ3v) is 6.89. The van der Waals surface area contributed by atoms with Gasteiger partial charge in [-0.2, -0.15) is 0 Å². The van der Waals surface area contributed by atoms with Crippen molar-refractivity contribution in [1.82, 2.24) is 14.8 Å². The predicted molar refractivity (Wildman–Crippen MR) is 134 cm³/mol. The molecule has 3 aromatic rings. The highest BCUT2D eigenvalue weighted by atomic mass is 35.5. The SMILES string of the molecule is C[C@H]1C[C@@H](C(=O)N[C@H](CCO)c2cccc(Cl)c2F)N(C(=O)Cc2cn(C(N)=O)c3ccccc23)C1. The maximum atomic E-state index is 14.6. The number of hydrogen-bond acceptors (Lipinski definition) is 4. The van der Waals surface area contributed by atoms with E-state index in [2.05, 4.69) is 5.32 Å². The van der Waals surface area contributed by atoms with E-state index in [0.29, 0.717) is 24.0 Å². The summed E-state index contributed by atoms with van der Waals surface area (Å²) in [5.41, 5.74) is 6.90. The van der Waals surface area contributed by atoms with Gasteiger partial charge in [0.1, 0.15) is 11.9 Å². The Kier molecular flexibility index (Phi) is 7.61. The van der Waals surface area contributed by atoms with Gasteiger partial charge in [-0.25, -0.2) is 9.18 Å². The fourth-order valence-electron chi connectivity index (χ4n) is 4.90. The van der Waals surface area contributed by atoms with Crippen LogP contribution >= 0.6 is 11.6 Å². The Labute approximate surface area is 212 Å². The summed E-state index contributed by atoms with van der Waals surface area (Å²) in [6.07, 6.45) is 2.08. The second-order valence-electron chi connectivity index (χ2n) is 9.18. The molecule has 8 nitrogen and oxygen atoms in total. The van der Waals surface area contributed by atoms with Crippen molar-refractivity contribution < 1.29 is 23.9 Å². The van der Waals surface area contributed by atoms with E-state index in [-0.39, 0.29) is 41.9 Å². The lowest BCUT2D eigenvalue weighted by Crippen LogP contribution is -2.47. The number of likely N-dealkylation sites (tertiary alicyclic amines) is 1. The van der Waals surface area contributed by atoms with Gasteiger partial charge in [-0.15, -0.1) is 0 Å². The molecule has 2 aromatic carbocycles. The Bertz CT molecular complexity index is 1310. The number of aliphatic hydroxyl groups excluding tert-OH is 1. The molecule has 0 radical (unpaired) electrons. The van der Waals surface area contributed by atoms with Crippen LogP contribution in [0.3, 0.4) is 0 Å². The fraction of sp³-hybridized carbons (Fsp3) is 0.346. The number of nitrogens with one attached hydrogen (secondary N) is 1.